The Morgan fingerprint density at radius 2 is 1.54 bits per heavy atom. The standard InChI is InChI=1S/C21H19N3O2/c1-15(25)16-8-10-17(11-9-16)23-18-12-13-20(22-14-18)21(26)24(2)19-6-4-3-5-7-19/h3-14,23H,1-2H3. The molecule has 5 heteroatoms. The summed E-state index contributed by atoms with van der Waals surface area (Å²) in [6, 6.07) is 20.1. The van der Waals surface area contributed by atoms with Crippen LogP contribution in [-0.4, -0.2) is 23.7 Å². The van der Waals surface area contributed by atoms with Gasteiger partial charge in [-0.25, -0.2) is 4.98 Å². The summed E-state index contributed by atoms with van der Waals surface area (Å²) in [6.45, 7) is 1.54. The molecule has 130 valence electrons. The Hall–Kier alpha value is -3.47. The molecule has 1 aromatic heterocycles. The van der Waals surface area contributed by atoms with Gasteiger partial charge in [0.2, 0.25) is 0 Å². The zero-order valence-corrected chi connectivity index (χ0v) is 14.6. The highest BCUT2D eigenvalue weighted by atomic mass is 16.2. The van der Waals surface area contributed by atoms with E-state index in [1.807, 2.05) is 42.5 Å². The van der Waals surface area contributed by atoms with Gasteiger partial charge in [-0.3, -0.25) is 9.59 Å². The molecule has 0 atom stereocenters. The minimum absolute atomic E-state index is 0.0311. The lowest BCUT2D eigenvalue weighted by Crippen LogP contribution is -2.26. The Kier molecular flexibility index (Phi) is 5.08. The van der Waals surface area contributed by atoms with Crippen LogP contribution < -0.4 is 10.2 Å². The first-order valence-electron chi connectivity index (χ1n) is 8.22. The highest BCUT2D eigenvalue weighted by Crippen LogP contribution is 2.18. The van der Waals surface area contributed by atoms with Gasteiger partial charge in [-0.15, -0.1) is 0 Å². The van der Waals surface area contributed by atoms with Crippen molar-refractivity contribution in [2.75, 3.05) is 17.3 Å². The molecule has 0 aliphatic heterocycles. The maximum absolute atomic E-state index is 12.5. The van der Waals surface area contributed by atoms with Crippen LogP contribution in [0.15, 0.2) is 72.9 Å². The molecular formula is C21H19N3O2. The second-order valence-electron chi connectivity index (χ2n) is 5.89. The van der Waals surface area contributed by atoms with Gasteiger partial charge < -0.3 is 10.2 Å². The van der Waals surface area contributed by atoms with Crippen LogP contribution in [0.3, 0.4) is 0 Å². The monoisotopic (exact) mass is 345 g/mol. The molecule has 0 fully saturated rings. The van der Waals surface area contributed by atoms with Crippen molar-refractivity contribution in [2.24, 2.45) is 0 Å². The molecule has 1 amide bonds. The molecule has 26 heavy (non-hydrogen) atoms. The number of anilines is 3. The minimum Gasteiger partial charge on any atom is -0.354 e. The Bertz CT molecular complexity index is 904. The fourth-order valence-electron chi connectivity index (χ4n) is 2.49. The fourth-order valence-corrected chi connectivity index (χ4v) is 2.49. The van der Waals surface area contributed by atoms with Crippen molar-refractivity contribution >= 4 is 28.8 Å². The van der Waals surface area contributed by atoms with E-state index in [4.69, 9.17) is 0 Å². The number of pyridine rings is 1. The van der Waals surface area contributed by atoms with Crippen LogP contribution in [0.5, 0.6) is 0 Å². The summed E-state index contributed by atoms with van der Waals surface area (Å²) in [5.74, 6) is -0.142. The molecule has 0 saturated heterocycles. The Morgan fingerprint density at radius 1 is 0.885 bits per heavy atom. The van der Waals surface area contributed by atoms with Crippen molar-refractivity contribution < 1.29 is 9.59 Å². The number of para-hydroxylation sites is 1. The average molecular weight is 345 g/mol. The van der Waals surface area contributed by atoms with Crippen LogP contribution in [0, 0.1) is 0 Å². The molecule has 0 saturated carbocycles. The summed E-state index contributed by atoms with van der Waals surface area (Å²) in [4.78, 5) is 29.7. The van der Waals surface area contributed by atoms with E-state index in [9.17, 15) is 9.59 Å². The van der Waals surface area contributed by atoms with Gasteiger partial charge in [0, 0.05) is 24.0 Å². The number of hydrogen-bond donors (Lipinski definition) is 1. The highest BCUT2D eigenvalue weighted by Gasteiger charge is 2.14. The second kappa shape index (κ2) is 7.61. The van der Waals surface area contributed by atoms with E-state index in [-0.39, 0.29) is 11.7 Å². The number of nitrogens with zero attached hydrogens (tertiary/aromatic N) is 2. The molecule has 0 aliphatic carbocycles. The molecule has 3 aromatic rings. The molecule has 5 nitrogen and oxygen atoms in total. The Labute approximate surface area is 152 Å². The van der Waals surface area contributed by atoms with Gasteiger partial charge in [0.05, 0.1) is 11.9 Å². The predicted molar refractivity (Wildman–Crippen MR) is 103 cm³/mol. The molecule has 0 spiro atoms. The van der Waals surface area contributed by atoms with Crippen LogP contribution >= 0.6 is 0 Å². The number of aromatic nitrogens is 1. The normalized spacial score (nSPS) is 10.2. The van der Waals surface area contributed by atoms with Crippen molar-refractivity contribution in [2.45, 2.75) is 6.92 Å². The number of amides is 1. The number of hydrogen-bond acceptors (Lipinski definition) is 4. The highest BCUT2D eigenvalue weighted by molar-refractivity contribution is 6.04. The van der Waals surface area contributed by atoms with E-state index >= 15 is 0 Å². The molecule has 1 N–H and O–H groups in total. The molecule has 1 heterocycles. The minimum atomic E-state index is -0.173. The van der Waals surface area contributed by atoms with Gasteiger partial charge in [0.15, 0.2) is 5.78 Å². The fraction of sp³-hybridized carbons (Fsp3) is 0.0952. The largest absolute Gasteiger partial charge is 0.354 e. The smallest absolute Gasteiger partial charge is 0.276 e. The van der Waals surface area contributed by atoms with Crippen molar-refractivity contribution in [3.8, 4) is 0 Å². The number of Topliss-reactive ketones (excluding diaryl/α,β-unsaturated/α-hetero) is 1. The topological polar surface area (TPSA) is 62.3 Å². The van der Waals surface area contributed by atoms with E-state index in [1.165, 1.54) is 6.92 Å². The van der Waals surface area contributed by atoms with Crippen LogP contribution in [-0.2, 0) is 0 Å². The molecule has 0 bridgehead atoms. The van der Waals surface area contributed by atoms with Gasteiger partial charge in [-0.2, -0.15) is 0 Å². The molecule has 2 aromatic carbocycles. The summed E-state index contributed by atoms with van der Waals surface area (Å²) in [5, 5.41) is 3.20. The van der Waals surface area contributed by atoms with E-state index in [0.717, 1.165) is 17.1 Å². The molecule has 3 rings (SSSR count). The van der Waals surface area contributed by atoms with Crippen molar-refractivity contribution in [1.29, 1.82) is 0 Å². The first-order valence-corrected chi connectivity index (χ1v) is 8.22. The number of ketones is 1. The van der Waals surface area contributed by atoms with Crippen LogP contribution in [0.4, 0.5) is 17.1 Å². The van der Waals surface area contributed by atoms with Gasteiger partial charge in [0.1, 0.15) is 5.69 Å². The lowest BCUT2D eigenvalue weighted by Gasteiger charge is -2.16. The number of rotatable bonds is 5. The second-order valence-corrected chi connectivity index (χ2v) is 5.89. The maximum atomic E-state index is 12.5. The summed E-state index contributed by atoms with van der Waals surface area (Å²) in [6.07, 6.45) is 1.62. The van der Waals surface area contributed by atoms with Crippen molar-refractivity contribution in [3.63, 3.8) is 0 Å². The van der Waals surface area contributed by atoms with Crippen LogP contribution in [0.25, 0.3) is 0 Å². The molecule has 0 unspecified atom stereocenters. The molecular weight excluding hydrogens is 326 g/mol. The van der Waals surface area contributed by atoms with Gasteiger partial charge in [-0.05, 0) is 55.5 Å². The lowest BCUT2D eigenvalue weighted by atomic mass is 10.1. The average Bonchev–Trinajstić information content (AvgIpc) is 2.68. The van der Waals surface area contributed by atoms with Crippen LogP contribution in [0.2, 0.25) is 0 Å². The number of carbonyl (C=O) groups excluding carboxylic acids is 2. The summed E-state index contributed by atoms with van der Waals surface area (Å²) < 4.78 is 0. The van der Waals surface area contributed by atoms with E-state index in [1.54, 1.807) is 42.4 Å². The summed E-state index contributed by atoms with van der Waals surface area (Å²) in [7, 11) is 1.72. The Morgan fingerprint density at radius 3 is 2.12 bits per heavy atom. The van der Waals surface area contributed by atoms with Crippen molar-refractivity contribution in [3.05, 3.63) is 84.2 Å². The van der Waals surface area contributed by atoms with Crippen molar-refractivity contribution in [1.82, 2.24) is 4.98 Å². The predicted octanol–water partition coefficient (Wildman–Crippen LogP) is 4.30. The molecule has 0 aliphatic rings. The van der Waals surface area contributed by atoms with E-state index in [2.05, 4.69) is 10.3 Å². The SMILES string of the molecule is CC(=O)c1ccc(Nc2ccc(C(=O)N(C)c3ccccc3)nc2)cc1. The zero-order valence-electron chi connectivity index (χ0n) is 14.6. The van der Waals surface area contributed by atoms with E-state index in [0.29, 0.717) is 11.3 Å². The van der Waals surface area contributed by atoms with Gasteiger partial charge >= 0.3 is 0 Å². The Balaban J connectivity index is 1.70. The third-order valence-electron chi connectivity index (χ3n) is 4.01. The van der Waals surface area contributed by atoms with Crippen LogP contribution in [0.1, 0.15) is 27.8 Å². The zero-order chi connectivity index (χ0) is 18.5. The third-order valence-corrected chi connectivity index (χ3v) is 4.01. The first-order chi connectivity index (χ1) is 12.5. The molecule has 0 radical (unpaired) electrons. The van der Waals surface area contributed by atoms with Gasteiger partial charge in [-0.1, -0.05) is 18.2 Å². The number of nitrogens with one attached hydrogen (secondary N) is 1. The number of benzene rings is 2. The van der Waals surface area contributed by atoms with E-state index < -0.39 is 0 Å². The lowest BCUT2D eigenvalue weighted by molar-refractivity contribution is 0.0986. The van der Waals surface area contributed by atoms with Gasteiger partial charge in [0.25, 0.3) is 5.91 Å². The quantitative estimate of drug-likeness (QED) is 0.700. The maximum Gasteiger partial charge on any atom is 0.276 e. The third kappa shape index (κ3) is 3.95. The first kappa shape index (κ1) is 17.4. The number of carbonyl (C=O) groups is 2. The summed E-state index contributed by atoms with van der Waals surface area (Å²) in [5.41, 5.74) is 3.45. The summed E-state index contributed by atoms with van der Waals surface area (Å²) >= 11 is 0.